The Morgan fingerprint density at radius 2 is 2.14 bits per heavy atom. The lowest BCUT2D eigenvalue weighted by Gasteiger charge is -2.30. The predicted octanol–water partition coefficient (Wildman–Crippen LogP) is 2.15. The molecule has 4 nitrogen and oxygen atoms in total. The molecule has 2 aliphatic heterocycles. The van der Waals surface area contributed by atoms with Crippen molar-refractivity contribution in [2.75, 3.05) is 19.6 Å². The summed E-state index contributed by atoms with van der Waals surface area (Å²) in [5, 5.41) is 6.62. The average molecular weight is 301 g/mol. The van der Waals surface area contributed by atoms with Gasteiger partial charge in [-0.05, 0) is 69.9 Å². The fourth-order valence-electron chi connectivity index (χ4n) is 3.50. The van der Waals surface area contributed by atoms with Crippen LogP contribution in [0.1, 0.15) is 48.5 Å². The summed E-state index contributed by atoms with van der Waals surface area (Å²) in [6.07, 6.45) is 4.79. The van der Waals surface area contributed by atoms with Crippen LogP contribution in [0.3, 0.4) is 0 Å². The molecule has 1 aromatic rings. The molecule has 120 valence electrons. The zero-order chi connectivity index (χ0) is 15.4. The van der Waals surface area contributed by atoms with Gasteiger partial charge in [0.15, 0.2) is 0 Å². The van der Waals surface area contributed by atoms with Crippen LogP contribution in [0.15, 0.2) is 24.3 Å². The van der Waals surface area contributed by atoms with E-state index in [1.807, 2.05) is 12.1 Å². The van der Waals surface area contributed by atoms with Crippen LogP contribution in [0.4, 0.5) is 0 Å². The highest BCUT2D eigenvalue weighted by Gasteiger charge is 2.23. The third-order valence-electron chi connectivity index (χ3n) is 4.87. The molecule has 3 rings (SSSR count). The number of amides is 1. The largest absolute Gasteiger partial charge is 0.348 e. The normalized spacial score (nSPS) is 26.0. The zero-order valence-corrected chi connectivity index (χ0v) is 13.5. The molecule has 2 N–H and O–H groups in total. The summed E-state index contributed by atoms with van der Waals surface area (Å²) >= 11 is 0. The van der Waals surface area contributed by atoms with Crippen molar-refractivity contribution in [3.63, 3.8) is 0 Å². The topological polar surface area (TPSA) is 44.4 Å². The second-order valence-corrected chi connectivity index (χ2v) is 6.65. The molecule has 2 fully saturated rings. The number of hydrogen-bond donors (Lipinski definition) is 2. The van der Waals surface area contributed by atoms with Gasteiger partial charge in [-0.1, -0.05) is 12.1 Å². The number of nitrogens with zero attached hydrogens (tertiary/aromatic N) is 1. The van der Waals surface area contributed by atoms with E-state index in [0.29, 0.717) is 6.04 Å². The molecule has 0 saturated carbocycles. The number of benzene rings is 1. The molecule has 2 atom stereocenters. The molecule has 2 aliphatic rings. The van der Waals surface area contributed by atoms with E-state index in [1.54, 1.807) is 0 Å². The molecule has 1 aromatic carbocycles. The average Bonchev–Trinajstić information content (AvgIpc) is 3.03. The van der Waals surface area contributed by atoms with Crippen LogP contribution in [-0.2, 0) is 6.54 Å². The lowest BCUT2D eigenvalue weighted by atomic mass is 9.99. The third kappa shape index (κ3) is 3.87. The van der Waals surface area contributed by atoms with Crippen molar-refractivity contribution in [2.45, 2.75) is 51.2 Å². The molecule has 4 heteroatoms. The molecular formula is C18H27N3O. The van der Waals surface area contributed by atoms with E-state index in [1.165, 1.54) is 31.5 Å². The van der Waals surface area contributed by atoms with Gasteiger partial charge >= 0.3 is 0 Å². The molecule has 0 aromatic heterocycles. The van der Waals surface area contributed by atoms with Crippen LogP contribution in [0, 0.1) is 0 Å². The van der Waals surface area contributed by atoms with Gasteiger partial charge in [0.2, 0.25) is 0 Å². The van der Waals surface area contributed by atoms with E-state index in [2.05, 4.69) is 34.6 Å². The second-order valence-electron chi connectivity index (χ2n) is 6.65. The molecule has 2 heterocycles. The summed E-state index contributed by atoms with van der Waals surface area (Å²) in [5.41, 5.74) is 2.03. The van der Waals surface area contributed by atoms with Crippen molar-refractivity contribution in [2.24, 2.45) is 0 Å². The lowest BCUT2D eigenvalue weighted by molar-refractivity contribution is 0.0919. The smallest absolute Gasteiger partial charge is 0.251 e. The second kappa shape index (κ2) is 7.25. The highest BCUT2D eigenvalue weighted by Crippen LogP contribution is 2.15. The zero-order valence-electron chi connectivity index (χ0n) is 13.5. The number of carbonyl (C=O) groups is 1. The molecule has 0 bridgehead atoms. The van der Waals surface area contributed by atoms with Crippen molar-refractivity contribution in [1.29, 1.82) is 0 Å². The van der Waals surface area contributed by atoms with E-state index in [9.17, 15) is 4.79 Å². The van der Waals surface area contributed by atoms with Crippen molar-refractivity contribution in [3.05, 3.63) is 35.4 Å². The van der Waals surface area contributed by atoms with Gasteiger partial charge in [-0.2, -0.15) is 0 Å². The van der Waals surface area contributed by atoms with E-state index in [0.717, 1.165) is 31.5 Å². The molecular weight excluding hydrogens is 274 g/mol. The summed E-state index contributed by atoms with van der Waals surface area (Å²) in [4.78, 5) is 15.0. The maximum absolute atomic E-state index is 12.5. The Morgan fingerprint density at radius 3 is 2.91 bits per heavy atom. The lowest BCUT2D eigenvalue weighted by Crippen LogP contribution is -2.51. The minimum absolute atomic E-state index is 0.0591. The van der Waals surface area contributed by atoms with Crippen LogP contribution in [-0.4, -0.2) is 42.5 Å². The van der Waals surface area contributed by atoms with Gasteiger partial charge < -0.3 is 10.6 Å². The Hall–Kier alpha value is -1.39. The highest BCUT2D eigenvalue weighted by molar-refractivity contribution is 5.94. The Kier molecular flexibility index (Phi) is 5.11. The summed E-state index contributed by atoms with van der Waals surface area (Å²) in [5.74, 6) is 0.0591. The molecule has 0 aliphatic carbocycles. The van der Waals surface area contributed by atoms with Crippen molar-refractivity contribution in [1.82, 2.24) is 15.5 Å². The maximum Gasteiger partial charge on any atom is 0.251 e. The van der Waals surface area contributed by atoms with Crippen LogP contribution in [0.2, 0.25) is 0 Å². The van der Waals surface area contributed by atoms with E-state index in [-0.39, 0.29) is 11.9 Å². The van der Waals surface area contributed by atoms with Gasteiger partial charge in [0.05, 0.1) is 0 Å². The fraction of sp³-hybridized carbons (Fsp3) is 0.611. The Bertz CT molecular complexity index is 511. The standard InChI is InChI=1S/C18H27N3O/c1-14-17(8-5-9-19-14)20-18(22)16-7-4-6-15(12-16)13-21-10-2-3-11-21/h4,6-7,12,14,17,19H,2-3,5,8-11,13H2,1H3,(H,20,22). The predicted molar refractivity (Wildman–Crippen MR) is 88.9 cm³/mol. The number of likely N-dealkylation sites (tertiary alicyclic amines) is 1. The Morgan fingerprint density at radius 1 is 1.32 bits per heavy atom. The first-order valence-corrected chi connectivity index (χ1v) is 8.58. The minimum atomic E-state index is 0.0591. The third-order valence-corrected chi connectivity index (χ3v) is 4.87. The Labute approximate surface area is 133 Å². The first-order chi connectivity index (χ1) is 10.7. The Balaban J connectivity index is 1.61. The van der Waals surface area contributed by atoms with Crippen LogP contribution >= 0.6 is 0 Å². The molecule has 0 spiro atoms. The van der Waals surface area contributed by atoms with Gasteiger partial charge in [-0.25, -0.2) is 0 Å². The van der Waals surface area contributed by atoms with Crippen molar-refractivity contribution in [3.8, 4) is 0 Å². The molecule has 2 saturated heterocycles. The van der Waals surface area contributed by atoms with E-state index < -0.39 is 0 Å². The highest BCUT2D eigenvalue weighted by atomic mass is 16.1. The van der Waals surface area contributed by atoms with Crippen LogP contribution in [0.5, 0.6) is 0 Å². The summed E-state index contributed by atoms with van der Waals surface area (Å²) < 4.78 is 0. The first kappa shape index (κ1) is 15.5. The monoisotopic (exact) mass is 301 g/mol. The summed E-state index contributed by atoms with van der Waals surface area (Å²) in [7, 11) is 0. The van der Waals surface area contributed by atoms with Gasteiger partial charge in [-0.15, -0.1) is 0 Å². The fourth-order valence-corrected chi connectivity index (χ4v) is 3.50. The molecule has 2 unspecified atom stereocenters. The number of carbonyl (C=O) groups excluding carboxylic acids is 1. The van der Waals surface area contributed by atoms with Gasteiger partial charge in [0.25, 0.3) is 5.91 Å². The van der Waals surface area contributed by atoms with Gasteiger partial charge in [-0.3, -0.25) is 9.69 Å². The minimum Gasteiger partial charge on any atom is -0.348 e. The molecule has 0 radical (unpaired) electrons. The molecule has 22 heavy (non-hydrogen) atoms. The van der Waals surface area contributed by atoms with Crippen molar-refractivity contribution >= 4 is 5.91 Å². The van der Waals surface area contributed by atoms with Crippen LogP contribution in [0.25, 0.3) is 0 Å². The van der Waals surface area contributed by atoms with Gasteiger partial charge in [0, 0.05) is 24.2 Å². The van der Waals surface area contributed by atoms with Crippen molar-refractivity contribution < 1.29 is 4.79 Å². The van der Waals surface area contributed by atoms with E-state index in [4.69, 9.17) is 0 Å². The van der Waals surface area contributed by atoms with Gasteiger partial charge in [0.1, 0.15) is 0 Å². The molecule has 1 amide bonds. The van der Waals surface area contributed by atoms with E-state index >= 15 is 0 Å². The SMILES string of the molecule is CC1NCCCC1NC(=O)c1cccc(CN2CCCC2)c1. The quantitative estimate of drug-likeness (QED) is 0.896. The first-order valence-electron chi connectivity index (χ1n) is 8.58. The van der Waals surface area contributed by atoms with Crippen LogP contribution < -0.4 is 10.6 Å². The summed E-state index contributed by atoms with van der Waals surface area (Å²) in [6.45, 7) is 6.53. The number of nitrogens with one attached hydrogen (secondary N) is 2. The number of piperidine rings is 1. The summed E-state index contributed by atoms with van der Waals surface area (Å²) in [6, 6.07) is 8.69. The maximum atomic E-state index is 12.5. The number of hydrogen-bond acceptors (Lipinski definition) is 3. The number of rotatable bonds is 4.